The minimum absolute atomic E-state index is 0.129. The number of hydrogen-bond acceptors (Lipinski definition) is 4. The standard InChI is InChI=1S/C20H27N3O3/c24-19-11-10-18(22-23-19)20(25)21-14-16-8-6-15(7-9-16)12-13-26-17-4-2-1-3-5-17/h1-5,15-16H,6-14H2,(H,21,25)(H,23,24)/t15-,16+. The zero-order chi connectivity index (χ0) is 18.2. The first kappa shape index (κ1) is 18.4. The van der Waals surface area contributed by atoms with E-state index in [1.807, 2.05) is 30.3 Å². The molecule has 1 saturated carbocycles. The Kier molecular flexibility index (Phi) is 6.63. The molecule has 1 aromatic rings. The van der Waals surface area contributed by atoms with Gasteiger partial charge in [-0.15, -0.1) is 0 Å². The lowest BCUT2D eigenvalue weighted by Gasteiger charge is -2.28. The molecule has 0 atom stereocenters. The molecule has 0 aromatic heterocycles. The van der Waals surface area contributed by atoms with Gasteiger partial charge in [-0.1, -0.05) is 18.2 Å². The molecule has 1 aliphatic carbocycles. The van der Waals surface area contributed by atoms with E-state index in [4.69, 9.17) is 4.74 Å². The second-order valence-electron chi connectivity index (χ2n) is 7.14. The SMILES string of the molecule is O=C1CCC(C(=O)NC[C@H]2CC[C@@H](CCOc3ccccc3)CC2)=NN1. The number of para-hydroxylation sites is 1. The molecule has 1 fully saturated rings. The van der Waals surface area contributed by atoms with Crippen molar-refractivity contribution in [3.8, 4) is 5.75 Å². The van der Waals surface area contributed by atoms with Crippen LogP contribution in [0.15, 0.2) is 35.4 Å². The van der Waals surface area contributed by atoms with Crippen LogP contribution in [-0.4, -0.2) is 30.7 Å². The van der Waals surface area contributed by atoms with Crippen molar-refractivity contribution in [1.29, 1.82) is 0 Å². The van der Waals surface area contributed by atoms with Crippen LogP contribution in [0.4, 0.5) is 0 Å². The molecule has 3 rings (SSSR count). The van der Waals surface area contributed by atoms with E-state index in [9.17, 15) is 9.59 Å². The third-order valence-electron chi connectivity index (χ3n) is 5.22. The van der Waals surface area contributed by atoms with Crippen molar-refractivity contribution in [3.05, 3.63) is 30.3 Å². The second kappa shape index (κ2) is 9.36. The van der Waals surface area contributed by atoms with E-state index in [2.05, 4.69) is 15.8 Å². The molecule has 2 aliphatic rings. The van der Waals surface area contributed by atoms with Gasteiger partial charge in [-0.3, -0.25) is 9.59 Å². The Morgan fingerprint density at radius 3 is 2.54 bits per heavy atom. The van der Waals surface area contributed by atoms with E-state index in [0.717, 1.165) is 31.6 Å². The van der Waals surface area contributed by atoms with Crippen molar-refractivity contribution in [3.63, 3.8) is 0 Å². The van der Waals surface area contributed by atoms with E-state index in [-0.39, 0.29) is 11.8 Å². The molecule has 1 aliphatic heterocycles. The number of hydrogen-bond donors (Lipinski definition) is 2. The van der Waals surface area contributed by atoms with Crippen LogP contribution in [0.3, 0.4) is 0 Å². The van der Waals surface area contributed by atoms with Gasteiger partial charge in [0, 0.05) is 19.4 Å². The Morgan fingerprint density at radius 2 is 1.85 bits per heavy atom. The summed E-state index contributed by atoms with van der Waals surface area (Å²) in [7, 11) is 0. The lowest BCUT2D eigenvalue weighted by Crippen LogP contribution is -2.39. The molecule has 0 spiro atoms. The third-order valence-corrected chi connectivity index (χ3v) is 5.22. The van der Waals surface area contributed by atoms with Crippen molar-refractivity contribution in [2.24, 2.45) is 16.9 Å². The van der Waals surface area contributed by atoms with Crippen molar-refractivity contribution in [2.75, 3.05) is 13.2 Å². The number of rotatable bonds is 7. The summed E-state index contributed by atoms with van der Waals surface area (Å²) in [6.07, 6.45) is 6.50. The number of nitrogens with zero attached hydrogens (tertiary/aromatic N) is 1. The van der Waals surface area contributed by atoms with Gasteiger partial charge in [0.1, 0.15) is 11.5 Å². The van der Waals surface area contributed by atoms with Gasteiger partial charge in [0.25, 0.3) is 5.91 Å². The van der Waals surface area contributed by atoms with Gasteiger partial charge in [-0.2, -0.15) is 5.10 Å². The van der Waals surface area contributed by atoms with Crippen LogP contribution in [0.2, 0.25) is 0 Å². The van der Waals surface area contributed by atoms with Gasteiger partial charge < -0.3 is 10.1 Å². The minimum Gasteiger partial charge on any atom is -0.494 e. The van der Waals surface area contributed by atoms with Gasteiger partial charge in [-0.05, 0) is 56.1 Å². The predicted octanol–water partition coefficient (Wildman–Crippen LogP) is 2.64. The summed E-state index contributed by atoms with van der Waals surface area (Å²) in [5, 5.41) is 6.81. The van der Waals surface area contributed by atoms with Crippen molar-refractivity contribution in [2.45, 2.75) is 44.9 Å². The van der Waals surface area contributed by atoms with Gasteiger partial charge in [0.2, 0.25) is 5.91 Å². The fourth-order valence-electron chi connectivity index (χ4n) is 3.56. The summed E-state index contributed by atoms with van der Waals surface area (Å²) in [6.45, 7) is 1.46. The summed E-state index contributed by atoms with van der Waals surface area (Å²) < 4.78 is 5.79. The topological polar surface area (TPSA) is 79.8 Å². The number of nitrogens with one attached hydrogen (secondary N) is 2. The van der Waals surface area contributed by atoms with Crippen LogP contribution >= 0.6 is 0 Å². The van der Waals surface area contributed by atoms with Crippen LogP contribution in [-0.2, 0) is 9.59 Å². The number of ether oxygens (including phenoxy) is 1. The molecule has 0 unspecified atom stereocenters. The molecular formula is C20H27N3O3. The Balaban J connectivity index is 1.30. The lowest BCUT2D eigenvalue weighted by molar-refractivity contribution is -0.121. The summed E-state index contributed by atoms with van der Waals surface area (Å²) in [4.78, 5) is 23.1. The number of benzene rings is 1. The summed E-state index contributed by atoms with van der Waals surface area (Å²) >= 11 is 0. The maximum atomic E-state index is 12.1. The van der Waals surface area contributed by atoms with Crippen LogP contribution in [0.1, 0.15) is 44.9 Å². The maximum absolute atomic E-state index is 12.1. The molecule has 2 N–H and O–H groups in total. The molecule has 140 valence electrons. The highest BCUT2D eigenvalue weighted by Gasteiger charge is 2.23. The normalized spacial score (nSPS) is 22.9. The number of carbonyl (C=O) groups is 2. The van der Waals surface area contributed by atoms with Crippen molar-refractivity contribution >= 4 is 17.5 Å². The second-order valence-corrected chi connectivity index (χ2v) is 7.14. The zero-order valence-corrected chi connectivity index (χ0v) is 15.1. The quantitative estimate of drug-likeness (QED) is 0.787. The minimum atomic E-state index is -0.150. The van der Waals surface area contributed by atoms with Crippen LogP contribution in [0.25, 0.3) is 0 Å². The van der Waals surface area contributed by atoms with E-state index in [1.165, 1.54) is 12.8 Å². The van der Waals surface area contributed by atoms with Crippen molar-refractivity contribution < 1.29 is 14.3 Å². The Hall–Kier alpha value is -2.37. The number of carbonyl (C=O) groups excluding carboxylic acids is 2. The molecule has 6 heteroatoms. The molecule has 0 radical (unpaired) electrons. The first-order chi connectivity index (χ1) is 12.7. The van der Waals surface area contributed by atoms with Crippen LogP contribution in [0.5, 0.6) is 5.75 Å². The smallest absolute Gasteiger partial charge is 0.267 e. The largest absolute Gasteiger partial charge is 0.494 e. The average molecular weight is 357 g/mol. The Labute approximate surface area is 154 Å². The summed E-state index contributed by atoms with van der Waals surface area (Å²) in [5.41, 5.74) is 2.79. The van der Waals surface area contributed by atoms with E-state index in [1.54, 1.807) is 0 Å². The highest BCUT2D eigenvalue weighted by molar-refractivity contribution is 6.39. The Morgan fingerprint density at radius 1 is 1.12 bits per heavy atom. The Bertz CT molecular complexity index is 637. The molecule has 2 amide bonds. The average Bonchev–Trinajstić information content (AvgIpc) is 2.68. The van der Waals surface area contributed by atoms with Crippen molar-refractivity contribution in [1.82, 2.24) is 10.7 Å². The maximum Gasteiger partial charge on any atom is 0.267 e. The first-order valence-corrected chi connectivity index (χ1v) is 9.52. The summed E-state index contributed by atoms with van der Waals surface area (Å²) in [5.74, 6) is 1.90. The predicted molar refractivity (Wildman–Crippen MR) is 99.8 cm³/mol. The molecule has 26 heavy (non-hydrogen) atoms. The monoisotopic (exact) mass is 357 g/mol. The molecule has 6 nitrogen and oxygen atoms in total. The van der Waals surface area contributed by atoms with E-state index in [0.29, 0.717) is 36.9 Å². The summed E-state index contributed by atoms with van der Waals surface area (Å²) in [6, 6.07) is 9.94. The highest BCUT2D eigenvalue weighted by atomic mass is 16.5. The first-order valence-electron chi connectivity index (χ1n) is 9.52. The molecule has 1 heterocycles. The molecule has 0 saturated heterocycles. The molecule has 1 aromatic carbocycles. The lowest BCUT2D eigenvalue weighted by atomic mass is 9.80. The fourth-order valence-corrected chi connectivity index (χ4v) is 3.56. The van der Waals surface area contributed by atoms with Gasteiger partial charge in [0.15, 0.2) is 0 Å². The van der Waals surface area contributed by atoms with Gasteiger partial charge >= 0.3 is 0 Å². The third kappa shape index (κ3) is 5.58. The fraction of sp³-hybridized carbons (Fsp3) is 0.550. The highest BCUT2D eigenvalue weighted by Crippen LogP contribution is 2.30. The molecular weight excluding hydrogens is 330 g/mol. The molecule has 0 bridgehead atoms. The van der Waals surface area contributed by atoms with Crippen LogP contribution in [0, 0.1) is 11.8 Å². The van der Waals surface area contributed by atoms with Gasteiger partial charge in [-0.25, -0.2) is 5.43 Å². The van der Waals surface area contributed by atoms with E-state index < -0.39 is 0 Å². The number of hydrazone groups is 1. The van der Waals surface area contributed by atoms with Gasteiger partial charge in [0.05, 0.1) is 6.61 Å². The zero-order valence-electron chi connectivity index (χ0n) is 15.1. The van der Waals surface area contributed by atoms with Crippen LogP contribution < -0.4 is 15.5 Å². The number of amides is 2. The van der Waals surface area contributed by atoms with E-state index >= 15 is 0 Å².